The Morgan fingerprint density at radius 3 is 2.07 bits per heavy atom. The molecule has 8 nitrogen and oxygen atoms in total. The van der Waals surface area contributed by atoms with Crippen LogP contribution in [-0.4, -0.2) is 46.3 Å². The van der Waals surface area contributed by atoms with Crippen molar-refractivity contribution in [2.45, 2.75) is 6.92 Å². The minimum absolute atomic E-state index is 0.205. The van der Waals surface area contributed by atoms with Crippen LogP contribution in [0.4, 0.5) is 5.69 Å². The summed E-state index contributed by atoms with van der Waals surface area (Å²) >= 11 is 0. The number of carbonyl (C=O) groups is 2. The average Bonchev–Trinajstić information content (AvgIpc) is 2.72. The van der Waals surface area contributed by atoms with Crippen molar-refractivity contribution in [2.24, 2.45) is 0 Å². The highest BCUT2D eigenvalue weighted by Crippen LogP contribution is 2.34. The third-order valence-corrected chi connectivity index (χ3v) is 3.81. The van der Waals surface area contributed by atoms with Crippen LogP contribution in [0.2, 0.25) is 0 Å². The summed E-state index contributed by atoms with van der Waals surface area (Å²) < 4.78 is 21.0. The van der Waals surface area contributed by atoms with Gasteiger partial charge in [0.2, 0.25) is 5.91 Å². The van der Waals surface area contributed by atoms with Crippen LogP contribution < -0.4 is 29.6 Å². The first-order valence-corrected chi connectivity index (χ1v) is 8.63. The van der Waals surface area contributed by atoms with E-state index in [-0.39, 0.29) is 18.0 Å². The second-order valence-corrected chi connectivity index (χ2v) is 5.60. The van der Waals surface area contributed by atoms with E-state index in [1.165, 1.54) is 27.4 Å². The fourth-order valence-electron chi connectivity index (χ4n) is 2.47. The Labute approximate surface area is 163 Å². The molecule has 0 heterocycles. The molecular formula is C20H24N2O6. The number of amides is 2. The predicted molar refractivity (Wildman–Crippen MR) is 105 cm³/mol. The summed E-state index contributed by atoms with van der Waals surface area (Å²) in [6.45, 7) is 2.26. The van der Waals surface area contributed by atoms with Crippen LogP contribution >= 0.6 is 0 Å². The first-order valence-electron chi connectivity index (χ1n) is 8.63. The SMILES string of the molecule is CCOc1ccc(NC(=O)CNC(=O)c2cc(OC)c(OC)cc2OC)cc1. The lowest BCUT2D eigenvalue weighted by atomic mass is 10.1. The van der Waals surface area contributed by atoms with Crippen molar-refractivity contribution >= 4 is 17.5 Å². The standard InChI is InChI=1S/C20H24N2O6/c1-5-28-14-8-6-13(7-9-14)22-19(23)12-21-20(24)15-10-17(26-3)18(27-4)11-16(15)25-2/h6-11H,5,12H2,1-4H3,(H,21,24)(H,22,23). The van der Waals surface area contributed by atoms with Gasteiger partial charge in [-0.2, -0.15) is 0 Å². The normalized spacial score (nSPS) is 10.0. The minimum Gasteiger partial charge on any atom is -0.496 e. The molecule has 0 saturated heterocycles. The Hall–Kier alpha value is -3.42. The summed E-state index contributed by atoms with van der Waals surface area (Å²) in [4.78, 5) is 24.6. The molecule has 150 valence electrons. The fourth-order valence-corrected chi connectivity index (χ4v) is 2.47. The van der Waals surface area contributed by atoms with Crippen molar-refractivity contribution in [3.8, 4) is 23.0 Å². The van der Waals surface area contributed by atoms with Crippen molar-refractivity contribution in [3.63, 3.8) is 0 Å². The highest BCUT2D eigenvalue weighted by Gasteiger charge is 2.18. The lowest BCUT2D eigenvalue weighted by Crippen LogP contribution is -2.33. The molecule has 0 saturated carbocycles. The van der Waals surface area contributed by atoms with Gasteiger partial charge in [0.05, 0.1) is 40.0 Å². The molecule has 2 aromatic carbocycles. The van der Waals surface area contributed by atoms with E-state index in [2.05, 4.69) is 10.6 Å². The third kappa shape index (κ3) is 5.29. The van der Waals surface area contributed by atoms with Crippen LogP contribution in [0.15, 0.2) is 36.4 Å². The van der Waals surface area contributed by atoms with Gasteiger partial charge in [0.1, 0.15) is 11.5 Å². The van der Waals surface area contributed by atoms with Gasteiger partial charge in [-0.05, 0) is 31.2 Å². The Bertz CT molecular complexity index is 820. The molecule has 0 aliphatic carbocycles. The smallest absolute Gasteiger partial charge is 0.255 e. The van der Waals surface area contributed by atoms with Crippen molar-refractivity contribution in [3.05, 3.63) is 42.0 Å². The summed E-state index contributed by atoms with van der Waals surface area (Å²) in [6, 6.07) is 10.0. The second-order valence-electron chi connectivity index (χ2n) is 5.60. The van der Waals surface area contributed by atoms with E-state index in [0.717, 1.165) is 0 Å². The average molecular weight is 388 g/mol. The van der Waals surface area contributed by atoms with E-state index in [1.54, 1.807) is 30.3 Å². The molecule has 2 rings (SSSR count). The zero-order valence-corrected chi connectivity index (χ0v) is 16.3. The van der Waals surface area contributed by atoms with Crippen LogP contribution in [0.5, 0.6) is 23.0 Å². The highest BCUT2D eigenvalue weighted by molar-refractivity contribution is 6.01. The van der Waals surface area contributed by atoms with E-state index in [0.29, 0.717) is 35.3 Å². The molecule has 0 aromatic heterocycles. The minimum atomic E-state index is -0.473. The number of hydrogen-bond donors (Lipinski definition) is 2. The number of hydrogen-bond acceptors (Lipinski definition) is 6. The number of methoxy groups -OCH3 is 3. The second kappa shape index (κ2) is 10.1. The maximum atomic E-state index is 12.5. The zero-order valence-electron chi connectivity index (χ0n) is 16.3. The summed E-state index contributed by atoms with van der Waals surface area (Å²) in [6.07, 6.45) is 0. The molecule has 2 amide bonds. The predicted octanol–water partition coefficient (Wildman–Crippen LogP) is 2.48. The van der Waals surface area contributed by atoms with Gasteiger partial charge in [-0.15, -0.1) is 0 Å². The van der Waals surface area contributed by atoms with Crippen molar-refractivity contribution in [1.29, 1.82) is 0 Å². The zero-order chi connectivity index (χ0) is 20.5. The van der Waals surface area contributed by atoms with E-state index < -0.39 is 5.91 Å². The van der Waals surface area contributed by atoms with E-state index >= 15 is 0 Å². The first kappa shape index (κ1) is 20.9. The summed E-state index contributed by atoms with van der Waals surface area (Å²) in [7, 11) is 4.40. The maximum Gasteiger partial charge on any atom is 0.255 e. The van der Waals surface area contributed by atoms with Crippen molar-refractivity contribution < 1.29 is 28.5 Å². The molecule has 0 aliphatic heterocycles. The highest BCUT2D eigenvalue weighted by atomic mass is 16.5. The molecule has 2 aromatic rings. The first-order chi connectivity index (χ1) is 13.5. The summed E-state index contributed by atoms with van der Waals surface area (Å²) in [5.41, 5.74) is 0.834. The number of rotatable bonds is 9. The van der Waals surface area contributed by atoms with Gasteiger partial charge in [0.25, 0.3) is 5.91 Å². The molecule has 0 unspecified atom stereocenters. The lowest BCUT2D eigenvalue weighted by molar-refractivity contribution is -0.115. The quantitative estimate of drug-likeness (QED) is 0.685. The number of ether oxygens (including phenoxy) is 4. The van der Waals surface area contributed by atoms with Crippen LogP contribution in [0.3, 0.4) is 0 Å². The number of nitrogens with one attached hydrogen (secondary N) is 2. The van der Waals surface area contributed by atoms with Gasteiger partial charge in [-0.1, -0.05) is 0 Å². The van der Waals surface area contributed by atoms with Crippen LogP contribution in [0, 0.1) is 0 Å². The molecule has 28 heavy (non-hydrogen) atoms. The molecular weight excluding hydrogens is 364 g/mol. The number of carbonyl (C=O) groups excluding carboxylic acids is 2. The molecule has 0 fully saturated rings. The van der Waals surface area contributed by atoms with Gasteiger partial charge < -0.3 is 29.6 Å². The van der Waals surface area contributed by atoms with Crippen LogP contribution in [0.25, 0.3) is 0 Å². The van der Waals surface area contributed by atoms with Crippen LogP contribution in [0.1, 0.15) is 17.3 Å². The Balaban J connectivity index is 2.00. The molecule has 0 radical (unpaired) electrons. The van der Waals surface area contributed by atoms with Gasteiger partial charge in [0, 0.05) is 17.8 Å². The van der Waals surface area contributed by atoms with Gasteiger partial charge >= 0.3 is 0 Å². The van der Waals surface area contributed by atoms with Crippen molar-refractivity contribution in [2.75, 3.05) is 39.8 Å². The largest absolute Gasteiger partial charge is 0.496 e. The van der Waals surface area contributed by atoms with Crippen molar-refractivity contribution in [1.82, 2.24) is 5.32 Å². The summed E-state index contributed by atoms with van der Waals surface area (Å²) in [5.74, 6) is 1.00. The van der Waals surface area contributed by atoms with E-state index in [1.807, 2.05) is 6.92 Å². The molecule has 8 heteroatoms. The van der Waals surface area contributed by atoms with Crippen LogP contribution in [-0.2, 0) is 4.79 Å². The fraction of sp³-hybridized carbons (Fsp3) is 0.300. The molecule has 0 spiro atoms. The summed E-state index contributed by atoms with van der Waals surface area (Å²) in [5, 5.41) is 5.26. The topological polar surface area (TPSA) is 95.1 Å². The third-order valence-electron chi connectivity index (χ3n) is 3.81. The monoisotopic (exact) mass is 388 g/mol. The Kier molecular flexibility index (Phi) is 7.50. The Morgan fingerprint density at radius 2 is 1.50 bits per heavy atom. The molecule has 0 aliphatic rings. The Morgan fingerprint density at radius 1 is 0.893 bits per heavy atom. The molecule has 2 N–H and O–H groups in total. The number of benzene rings is 2. The molecule has 0 atom stereocenters. The van der Waals surface area contributed by atoms with Gasteiger partial charge in [0.15, 0.2) is 11.5 Å². The van der Waals surface area contributed by atoms with Gasteiger partial charge in [-0.25, -0.2) is 0 Å². The lowest BCUT2D eigenvalue weighted by Gasteiger charge is -2.14. The van der Waals surface area contributed by atoms with Gasteiger partial charge in [-0.3, -0.25) is 9.59 Å². The number of anilines is 1. The molecule has 0 bridgehead atoms. The maximum absolute atomic E-state index is 12.5. The van der Waals surface area contributed by atoms with E-state index in [4.69, 9.17) is 18.9 Å². The van der Waals surface area contributed by atoms with E-state index in [9.17, 15) is 9.59 Å².